The molecule has 1 amide bonds. The number of thioether (sulfide) groups is 1. The van der Waals surface area contributed by atoms with E-state index in [4.69, 9.17) is 0 Å². The molecule has 3 atom stereocenters. The van der Waals surface area contributed by atoms with Crippen LogP contribution in [0, 0.1) is 11.8 Å². The van der Waals surface area contributed by atoms with Gasteiger partial charge < -0.3 is 10.3 Å². The molecule has 26 heavy (non-hydrogen) atoms. The second-order valence-corrected chi connectivity index (χ2v) is 8.14. The van der Waals surface area contributed by atoms with Gasteiger partial charge in [-0.15, -0.1) is 0 Å². The number of carbonyl (C=O) groups is 1. The Labute approximate surface area is 155 Å². The first-order chi connectivity index (χ1) is 12.3. The third-order valence-corrected chi connectivity index (χ3v) is 6.34. The van der Waals surface area contributed by atoms with E-state index in [1.165, 1.54) is 29.8 Å². The zero-order valence-corrected chi connectivity index (χ0v) is 16.4. The number of hydrogen-bond donors (Lipinski definition) is 2. The van der Waals surface area contributed by atoms with Crippen molar-refractivity contribution in [3.63, 3.8) is 0 Å². The normalized spacial score (nSPS) is 23.3. The molecular formula is C17H25N5O3S. The highest BCUT2D eigenvalue weighted by Gasteiger charge is 2.28. The van der Waals surface area contributed by atoms with Crippen LogP contribution in [0.1, 0.15) is 33.1 Å². The Morgan fingerprint density at radius 3 is 2.73 bits per heavy atom. The number of aromatic nitrogens is 4. The fraction of sp³-hybridized carbons (Fsp3) is 0.647. The van der Waals surface area contributed by atoms with Crippen LogP contribution in [0.2, 0.25) is 0 Å². The number of carbonyl (C=O) groups excluding carboxylic acids is 1. The molecule has 0 bridgehead atoms. The first kappa shape index (κ1) is 18.8. The first-order valence-corrected chi connectivity index (χ1v) is 9.86. The smallest absolute Gasteiger partial charge is 0.332 e. The van der Waals surface area contributed by atoms with Gasteiger partial charge >= 0.3 is 5.69 Å². The minimum Gasteiger partial charge on any atom is -0.352 e. The molecule has 2 aromatic rings. The zero-order valence-electron chi connectivity index (χ0n) is 15.5. The average Bonchev–Trinajstić information content (AvgIpc) is 3.05. The highest BCUT2D eigenvalue weighted by Crippen LogP contribution is 2.29. The Morgan fingerprint density at radius 2 is 2.00 bits per heavy atom. The summed E-state index contributed by atoms with van der Waals surface area (Å²) in [6.45, 7) is 4.42. The van der Waals surface area contributed by atoms with Gasteiger partial charge in [0.1, 0.15) is 0 Å². The monoisotopic (exact) mass is 379 g/mol. The van der Waals surface area contributed by atoms with E-state index in [1.54, 1.807) is 7.05 Å². The highest BCUT2D eigenvalue weighted by atomic mass is 32.2. The second kappa shape index (κ2) is 7.30. The van der Waals surface area contributed by atoms with E-state index in [2.05, 4.69) is 29.1 Å². The lowest BCUT2D eigenvalue weighted by molar-refractivity contribution is -0.120. The number of amides is 1. The Bertz CT molecular complexity index is 944. The van der Waals surface area contributed by atoms with E-state index in [0.717, 1.165) is 17.4 Å². The van der Waals surface area contributed by atoms with Gasteiger partial charge in [0.15, 0.2) is 16.3 Å². The summed E-state index contributed by atoms with van der Waals surface area (Å²) < 4.78 is 2.36. The predicted octanol–water partition coefficient (Wildman–Crippen LogP) is 0.993. The molecular weight excluding hydrogens is 354 g/mol. The topological polar surface area (TPSA) is 102 Å². The summed E-state index contributed by atoms with van der Waals surface area (Å²) in [6, 6.07) is 0.218. The van der Waals surface area contributed by atoms with Crippen LogP contribution < -0.4 is 16.6 Å². The van der Waals surface area contributed by atoms with Gasteiger partial charge in [0.05, 0.1) is 5.75 Å². The molecule has 0 saturated heterocycles. The van der Waals surface area contributed by atoms with Crippen molar-refractivity contribution in [1.29, 1.82) is 0 Å². The third kappa shape index (κ3) is 3.44. The molecule has 1 fully saturated rings. The first-order valence-electron chi connectivity index (χ1n) is 8.87. The summed E-state index contributed by atoms with van der Waals surface area (Å²) in [6.07, 6.45) is 3.38. The summed E-state index contributed by atoms with van der Waals surface area (Å²) in [7, 11) is 3.00. The maximum absolute atomic E-state index is 12.3. The molecule has 0 unspecified atom stereocenters. The van der Waals surface area contributed by atoms with E-state index >= 15 is 0 Å². The maximum Gasteiger partial charge on any atom is 0.332 e. The quantitative estimate of drug-likeness (QED) is 0.772. The average molecular weight is 379 g/mol. The maximum atomic E-state index is 12.3. The fourth-order valence-corrected chi connectivity index (χ4v) is 4.22. The fourth-order valence-electron chi connectivity index (χ4n) is 3.54. The van der Waals surface area contributed by atoms with Gasteiger partial charge in [0.2, 0.25) is 5.91 Å². The highest BCUT2D eigenvalue weighted by molar-refractivity contribution is 7.99. The molecule has 142 valence electrons. The Balaban J connectivity index is 1.69. The van der Waals surface area contributed by atoms with Crippen molar-refractivity contribution in [3.05, 3.63) is 20.8 Å². The van der Waals surface area contributed by atoms with E-state index in [9.17, 15) is 14.4 Å². The second-order valence-electron chi connectivity index (χ2n) is 7.18. The van der Waals surface area contributed by atoms with Crippen LogP contribution in [0.3, 0.4) is 0 Å². The van der Waals surface area contributed by atoms with Crippen molar-refractivity contribution >= 4 is 28.8 Å². The minimum atomic E-state index is -0.427. The molecule has 0 radical (unpaired) electrons. The van der Waals surface area contributed by atoms with Gasteiger partial charge in [0, 0.05) is 20.1 Å². The predicted molar refractivity (Wildman–Crippen MR) is 101 cm³/mol. The van der Waals surface area contributed by atoms with Gasteiger partial charge in [-0.1, -0.05) is 38.5 Å². The van der Waals surface area contributed by atoms with Crippen LogP contribution in [0.15, 0.2) is 14.7 Å². The van der Waals surface area contributed by atoms with Crippen LogP contribution in [0.5, 0.6) is 0 Å². The van der Waals surface area contributed by atoms with Crippen molar-refractivity contribution in [1.82, 2.24) is 24.4 Å². The molecule has 8 nitrogen and oxygen atoms in total. The molecule has 0 aliphatic heterocycles. The number of imidazole rings is 1. The van der Waals surface area contributed by atoms with Crippen molar-refractivity contribution in [2.45, 2.75) is 44.3 Å². The lowest BCUT2D eigenvalue weighted by atomic mass is 9.78. The third-order valence-electron chi connectivity index (χ3n) is 5.47. The molecule has 2 N–H and O–H groups in total. The molecule has 2 aromatic heterocycles. The zero-order chi connectivity index (χ0) is 19.0. The van der Waals surface area contributed by atoms with Crippen LogP contribution in [0.4, 0.5) is 0 Å². The number of aromatic amines is 1. The van der Waals surface area contributed by atoms with Crippen molar-refractivity contribution < 1.29 is 4.79 Å². The van der Waals surface area contributed by atoms with Crippen LogP contribution in [-0.4, -0.2) is 36.8 Å². The molecule has 1 saturated carbocycles. The van der Waals surface area contributed by atoms with Gasteiger partial charge in [-0.25, -0.2) is 9.78 Å². The number of nitrogens with zero attached hydrogens (tertiary/aromatic N) is 3. The Morgan fingerprint density at radius 1 is 1.27 bits per heavy atom. The van der Waals surface area contributed by atoms with Gasteiger partial charge in [-0.3, -0.25) is 18.7 Å². The molecule has 2 heterocycles. The minimum absolute atomic E-state index is 0.0387. The van der Waals surface area contributed by atoms with E-state index < -0.39 is 11.2 Å². The largest absolute Gasteiger partial charge is 0.352 e. The van der Waals surface area contributed by atoms with Gasteiger partial charge in [-0.05, 0) is 18.3 Å². The molecule has 0 spiro atoms. The number of hydrogen-bond acceptors (Lipinski definition) is 5. The molecule has 1 aliphatic carbocycles. The lowest BCUT2D eigenvalue weighted by Crippen LogP contribution is -2.44. The van der Waals surface area contributed by atoms with Crippen molar-refractivity contribution in [2.75, 3.05) is 5.75 Å². The molecule has 0 aromatic carbocycles. The van der Waals surface area contributed by atoms with Gasteiger partial charge in [0.25, 0.3) is 5.56 Å². The summed E-state index contributed by atoms with van der Waals surface area (Å²) in [5.74, 6) is 1.27. The van der Waals surface area contributed by atoms with Crippen LogP contribution in [-0.2, 0) is 18.9 Å². The lowest BCUT2D eigenvalue weighted by Gasteiger charge is -2.34. The summed E-state index contributed by atoms with van der Waals surface area (Å²) in [5, 5.41) is 3.58. The standard InChI is InChI=1S/C17H25N5O3S/c1-9-6-5-7-11(10(9)2)18-12(23)8-26-16-19-13-14(20-16)21(3)17(25)22(4)15(13)24/h9-11H,5-8H2,1-4H3,(H,18,23)(H,19,20)/t9-,10+,11-/m0/s1. The number of rotatable bonds is 4. The van der Waals surface area contributed by atoms with Crippen LogP contribution >= 0.6 is 11.8 Å². The summed E-state index contributed by atoms with van der Waals surface area (Å²) >= 11 is 1.23. The molecule has 1 aliphatic rings. The summed E-state index contributed by atoms with van der Waals surface area (Å²) in [5.41, 5.74) is -0.274. The number of aryl methyl sites for hydroxylation is 1. The molecule has 3 rings (SSSR count). The van der Waals surface area contributed by atoms with Crippen LogP contribution in [0.25, 0.3) is 11.2 Å². The Hall–Kier alpha value is -2.03. The van der Waals surface area contributed by atoms with Crippen molar-refractivity contribution in [3.8, 4) is 0 Å². The number of fused-ring (bicyclic) bond motifs is 1. The van der Waals surface area contributed by atoms with Crippen molar-refractivity contribution in [2.24, 2.45) is 25.9 Å². The SMILES string of the molecule is C[C@H]1[C@@H](NC(=O)CSc2nc3c([nH]2)c(=O)n(C)c(=O)n3C)CCC[C@@H]1C. The summed E-state index contributed by atoms with van der Waals surface area (Å²) in [4.78, 5) is 43.7. The van der Waals surface area contributed by atoms with E-state index in [-0.39, 0.29) is 23.2 Å². The number of H-pyrrole nitrogens is 1. The number of nitrogens with one attached hydrogen (secondary N) is 2. The van der Waals surface area contributed by atoms with E-state index in [0.29, 0.717) is 22.6 Å². The van der Waals surface area contributed by atoms with Gasteiger partial charge in [-0.2, -0.15) is 0 Å². The van der Waals surface area contributed by atoms with E-state index in [1.807, 2.05) is 0 Å². The Kier molecular flexibility index (Phi) is 5.27. The molecule has 9 heteroatoms.